The highest BCUT2D eigenvalue weighted by Crippen LogP contribution is 2.42. The van der Waals surface area contributed by atoms with Gasteiger partial charge in [0.25, 0.3) is 0 Å². The normalized spacial score (nSPS) is 19.4. The molecule has 0 saturated carbocycles. The van der Waals surface area contributed by atoms with Crippen LogP contribution in [0.2, 0.25) is 0 Å². The Morgan fingerprint density at radius 3 is 2.71 bits per heavy atom. The van der Waals surface area contributed by atoms with E-state index in [0.29, 0.717) is 18.4 Å². The highest BCUT2D eigenvalue weighted by Gasteiger charge is 2.40. The van der Waals surface area contributed by atoms with Gasteiger partial charge in [-0.25, -0.2) is 9.18 Å². The first kappa shape index (κ1) is 16.4. The number of fused-ring (bicyclic) bond motifs is 1. The van der Waals surface area contributed by atoms with Crippen LogP contribution in [0.4, 0.5) is 4.39 Å². The third-order valence-electron chi connectivity index (χ3n) is 4.56. The van der Waals surface area contributed by atoms with E-state index in [2.05, 4.69) is 6.58 Å². The number of ether oxygens (including phenoxy) is 1. The molecule has 0 aliphatic heterocycles. The number of halogens is 1. The van der Waals surface area contributed by atoms with E-state index in [-0.39, 0.29) is 5.82 Å². The molecule has 1 aliphatic carbocycles. The van der Waals surface area contributed by atoms with Gasteiger partial charge in [0.1, 0.15) is 11.4 Å². The third-order valence-corrected chi connectivity index (χ3v) is 4.56. The summed E-state index contributed by atoms with van der Waals surface area (Å²) < 4.78 is 19.8. The zero-order chi connectivity index (χ0) is 17.2. The molecule has 1 atom stereocenters. The minimum Gasteiger partial charge on any atom is -0.450 e. The minimum atomic E-state index is -0.840. The van der Waals surface area contributed by atoms with Crippen LogP contribution in [0.3, 0.4) is 0 Å². The van der Waals surface area contributed by atoms with Crippen molar-refractivity contribution in [2.24, 2.45) is 0 Å². The second-order valence-electron chi connectivity index (χ2n) is 6.48. The third kappa shape index (κ3) is 3.25. The lowest BCUT2D eigenvalue weighted by molar-refractivity contribution is -0.158. The lowest BCUT2D eigenvalue weighted by atomic mass is 9.75. The standard InChI is InChI=1S/C21H21FO2/c1-15(2)20(23)24-21(14-16-7-4-3-5-8-16)12-6-9-17-10-11-18(22)13-19(17)21/h3-5,7-8,10-11,13H,1,6,9,12,14H2,2H3. The number of carbonyl (C=O) groups excluding carboxylic acids is 1. The first-order valence-electron chi connectivity index (χ1n) is 8.22. The topological polar surface area (TPSA) is 26.3 Å². The predicted molar refractivity (Wildman–Crippen MR) is 92.1 cm³/mol. The monoisotopic (exact) mass is 324 g/mol. The molecule has 0 spiro atoms. The van der Waals surface area contributed by atoms with E-state index in [0.717, 1.165) is 29.5 Å². The molecule has 0 saturated heterocycles. The summed E-state index contributed by atoms with van der Waals surface area (Å²) in [5, 5.41) is 0. The zero-order valence-electron chi connectivity index (χ0n) is 13.8. The van der Waals surface area contributed by atoms with Crippen molar-refractivity contribution in [2.75, 3.05) is 0 Å². The molecule has 1 unspecified atom stereocenters. The summed E-state index contributed by atoms with van der Waals surface area (Å²) >= 11 is 0. The van der Waals surface area contributed by atoms with Crippen molar-refractivity contribution < 1.29 is 13.9 Å². The van der Waals surface area contributed by atoms with Crippen molar-refractivity contribution in [2.45, 2.75) is 38.2 Å². The Morgan fingerprint density at radius 2 is 2.00 bits per heavy atom. The number of carbonyl (C=O) groups is 1. The Morgan fingerprint density at radius 1 is 1.25 bits per heavy atom. The Hall–Kier alpha value is -2.42. The molecule has 0 radical (unpaired) electrons. The zero-order valence-corrected chi connectivity index (χ0v) is 13.8. The van der Waals surface area contributed by atoms with Crippen molar-refractivity contribution in [3.8, 4) is 0 Å². The predicted octanol–water partition coefficient (Wildman–Crippen LogP) is 4.72. The maximum atomic E-state index is 13.9. The van der Waals surface area contributed by atoms with Gasteiger partial charge in [0, 0.05) is 17.6 Å². The molecule has 0 aromatic heterocycles. The van der Waals surface area contributed by atoms with Crippen LogP contribution in [0.25, 0.3) is 0 Å². The number of esters is 1. The number of hydrogen-bond acceptors (Lipinski definition) is 2. The fraction of sp³-hybridized carbons (Fsp3) is 0.286. The van der Waals surface area contributed by atoms with Crippen molar-refractivity contribution in [3.63, 3.8) is 0 Å². The van der Waals surface area contributed by atoms with Gasteiger partial charge in [-0.3, -0.25) is 0 Å². The van der Waals surface area contributed by atoms with Crippen molar-refractivity contribution in [3.05, 3.63) is 83.2 Å². The summed E-state index contributed by atoms with van der Waals surface area (Å²) in [6.07, 6.45) is 2.98. The molecular weight excluding hydrogens is 303 g/mol. The molecule has 0 bridgehead atoms. The molecule has 124 valence electrons. The van der Waals surface area contributed by atoms with Gasteiger partial charge in [-0.15, -0.1) is 0 Å². The van der Waals surface area contributed by atoms with Crippen LogP contribution in [0.5, 0.6) is 0 Å². The first-order valence-corrected chi connectivity index (χ1v) is 8.22. The van der Waals surface area contributed by atoms with Crippen LogP contribution in [0.1, 0.15) is 36.5 Å². The molecule has 3 rings (SSSR count). The Kier molecular flexibility index (Phi) is 4.52. The molecule has 0 amide bonds. The lowest BCUT2D eigenvalue weighted by Gasteiger charge is -2.39. The summed E-state index contributed by atoms with van der Waals surface area (Å²) in [6, 6.07) is 14.7. The second-order valence-corrected chi connectivity index (χ2v) is 6.48. The number of rotatable bonds is 4. The minimum absolute atomic E-state index is 0.306. The van der Waals surface area contributed by atoms with E-state index in [4.69, 9.17) is 4.74 Å². The molecule has 1 aliphatic rings. The van der Waals surface area contributed by atoms with E-state index in [1.807, 2.05) is 30.3 Å². The molecule has 0 fully saturated rings. The van der Waals surface area contributed by atoms with E-state index < -0.39 is 11.6 Å². The van der Waals surface area contributed by atoms with E-state index in [1.54, 1.807) is 13.0 Å². The maximum Gasteiger partial charge on any atom is 0.334 e. The molecule has 2 aromatic carbocycles. The van der Waals surface area contributed by atoms with Gasteiger partial charge < -0.3 is 4.74 Å². The molecule has 0 heterocycles. The summed E-state index contributed by atoms with van der Waals surface area (Å²) in [7, 11) is 0. The fourth-order valence-electron chi connectivity index (χ4n) is 3.41. The summed E-state index contributed by atoms with van der Waals surface area (Å²) in [6.45, 7) is 5.32. The SMILES string of the molecule is C=C(C)C(=O)OC1(Cc2ccccc2)CCCc2ccc(F)cc21. The molecule has 24 heavy (non-hydrogen) atoms. The average molecular weight is 324 g/mol. The van der Waals surface area contributed by atoms with E-state index in [1.165, 1.54) is 12.1 Å². The lowest BCUT2D eigenvalue weighted by Crippen LogP contribution is -2.38. The van der Waals surface area contributed by atoms with Gasteiger partial charge in [-0.1, -0.05) is 43.0 Å². The van der Waals surface area contributed by atoms with Gasteiger partial charge in [0.15, 0.2) is 0 Å². The average Bonchev–Trinajstić information content (AvgIpc) is 2.56. The Bertz CT molecular complexity index is 767. The van der Waals surface area contributed by atoms with Gasteiger partial charge >= 0.3 is 5.97 Å². The quantitative estimate of drug-likeness (QED) is 0.601. The van der Waals surface area contributed by atoms with Crippen molar-refractivity contribution in [1.29, 1.82) is 0 Å². The number of hydrogen-bond donors (Lipinski definition) is 0. The van der Waals surface area contributed by atoms with Gasteiger partial charge in [0.05, 0.1) is 0 Å². The first-order chi connectivity index (χ1) is 11.5. The van der Waals surface area contributed by atoms with Crippen LogP contribution in [-0.4, -0.2) is 5.97 Å². The van der Waals surface area contributed by atoms with Crippen LogP contribution in [-0.2, 0) is 28.0 Å². The maximum absolute atomic E-state index is 13.9. The Labute approximate surface area is 142 Å². The molecule has 0 N–H and O–H groups in total. The smallest absolute Gasteiger partial charge is 0.334 e. The largest absolute Gasteiger partial charge is 0.450 e. The van der Waals surface area contributed by atoms with E-state index in [9.17, 15) is 9.18 Å². The van der Waals surface area contributed by atoms with Crippen LogP contribution >= 0.6 is 0 Å². The van der Waals surface area contributed by atoms with Crippen LogP contribution in [0, 0.1) is 5.82 Å². The van der Waals surface area contributed by atoms with Crippen molar-refractivity contribution in [1.82, 2.24) is 0 Å². The summed E-state index contributed by atoms with van der Waals surface area (Å²) in [4.78, 5) is 12.3. The highest BCUT2D eigenvalue weighted by molar-refractivity contribution is 5.87. The van der Waals surface area contributed by atoms with Gasteiger partial charge in [-0.2, -0.15) is 0 Å². The fourth-order valence-corrected chi connectivity index (χ4v) is 3.41. The Balaban J connectivity index is 2.08. The van der Waals surface area contributed by atoms with Gasteiger partial charge in [0.2, 0.25) is 0 Å². The molecule has 2 aromatic rings. The number of benzene rings is 2. The van der Waals surface area contributed by atoms with Crippen molar-refractivity contribution >= 4 is 5.97 Å². The molecular formula is C21H21FO2. The van der Waals surface area contributed by atoms with Gasteiger partial charge in [-0.05, 0) is 49.4 Å². The molecule has 2 nitrogen and oxygen atoms in total. The number of aryl methyl sites for hydroxylation is 1. The highest BCUT2D eigenvalue weighted by atomic mass is 19.1. The summed E-state index contributed by atoms with van der Waals surface area (Å²) in [5.74, 6) is -0.734. The summed E-state index contributed by atoms with van der Waals surface area (Å²) in [5.41, 5.74) is 2.41. The van der Waals surface area contributed by atoms with E-state index >= 15 is 0 Å². The van der Waals surface area contributed by atoms with Crippen LogP contribution < -0.4 is 0 Å². The second kappa shape index (κ2) is 6.60. The van der Waals surface area contributed by atoms with Crippen LogP contribution in [0.15, 0.2) is 60.7 Å². The molecule has 3 heteroatoms.